The molecular weight excluding hydrogens is 1030 g/mol. The fourth-order valence-electron chi connectivity index (χ4n) is 9.50. The van der Waals surface area contributed by atoms with Crippen molar-refractivity contribution in [2.75, 3.05) is 52.6 Å². The highest BCUT2D eigenvalue weighted by Crippen LogP contribution is 2.43. The molecule has 4 amide bonds. The van der Waals surface area contributed by atoms with Gasteiger partial charge in [-0.05, 0) is 88.2 Å². The predicted molar refractivity (Wildman–Crippen MR) is 287 cm³/mol. The third kappa shape index (κ3) is 14.1. The van der Waals surface area contributed by atoms with Gasteiger partial charge in [-0.15, -0.1) is 0 Å². The number of rotatable bonds is 26. The third-order valence-electron chi connectivity index (χ3n) is 13.6. The summed E-state index contributed by atoms with van der Waals surface area (Å²) in [5, 5.41) is 22.7. The lowest BCUT2D eigenvalue weighted by Crippen LogP contribution is -2.56. The van der Waals surface area contributed by atoms with Gasteiger partial charge in [0.2, 0.25) is 45.4 Å². The lowest BCUT2D eigenvalue weighted by molar-refractivity contribution is -0.172. The number of hydrogen-bond donors (Lipinski definition) is 5. The van der Waals surface area contributed by atoms with Crippen LogP contribution in [0.4, 0.5) is 0 Å². The molecule has 3 aliphatic rings. The van der Waals surface area contributed by atoms with Gasteiger partial charge in [0.25, 0.3) is 5.56 Å². The molecule has 5 N–H and O–H groups in total. The van der Waals surface area contributed by atoms with E-state index < -0.39 is 63.3 Å². The van der Waals surface area contributed by atoms with Gasteiger partial charge >= 0.3 is 5.97 Å². The van der Waals surface area contributed by atoms with Gasteiger partial charge in [0.05, 0.1) is 47.7 Å². The molecule has 4 aromatic rings. The van der Waals surface area contributed by atoms with E-state index in [1.165, 1.54) is 12.4 Å². The number of fused-ring (bicyclic) bond motifs is 6. The first-order valence-electron chi connectivity index (χ1n) is 26.4. The second-order valence-corrected chi connectivity index (χ2v) is 21.7. The van der Waals surface area contributed by atoms with Crippen LogP contribution in [0, 0.1) is 17.8 Å². The predicted octanol–water partition coefficient (Wildman–Crippen LogP) is 3.36. The Hall–Kier alpha value is -7.26. The van der Waals surface area contributed by atoms with Crippen LogP contribution in [0.1, 0.15) is 120 Å². The summed E-state index contributed by atoms with van der Waals surface area (Å²) < 4.78 is 47.1. The van der Waals surface area contributed by atoms with Crippen LogP contribution in [0.5, 0.6) is 11.5 Å². The number of sulfone groups is 1. The van der Waals surface area contributed by atoms with Gasteiger partial charge < -0.3 is 54.8 Å². The average molecular weight is 1100 g/mol. The minimum Gasteiger partial charge on any atom is -0.458 e. The van der Waals surface area contributed by atoms with E-state index in [0.717, 1.165) is 50.7 Å². The number of cyclic esters (lactones) is 1. The van der Waals surface area contributed by atoms with Gasteiger partial charge in [-0.3, -0.25) is 24.0 Å². The molecule has 0 unspecified atom stereocenters. The van der Waals surface area contributed by atoms with Gasteiger partial charge in [-0.2, -0.15) is 0 Å². The standard InChI is InChI=1S/C55H69N9O13S/c1-7-20-63(21-8-2)22-14-13-18-41(61-51(68)48(34(4)5)62-46(65)19-12-10-11-16-35-27-57-54(58-28-35)78(6,72)73)50(67)56-29-47(66)59-32-74-23-15-17-36-37-24-44-45(77-33-76-44)26-42(37)60-49-38(36)30-64-43(49)25-40-39(52(64)69)31-75-53(70)55(40,71)9-3/h15,17,24-28,34,41,48,71H,7-10,12-14,18-23,29-33H2,1-6H3,(H,56,67)(H,59,66)(H,61,68)(H,62,65)/b17-15+/t41-,48-,55-/m0/s1. The Kier molecular flexibility index (Phi) is 19.8. The maximum atomic E-state index is 13.9. The average Bonchev–Trinajstić information content (AvgIpc) is 4.20. The van der Waals surface area contributed by atoms with Gasteiger partial charge in [0, 0.05) is 54.1 Å². The molecule has 3 aliphatic heterocycles. The van der Waals surface area contributed by atoms with Crippen LogP contribution < -0.4 is 36.3 Å². The van der Waals surface area contributed by atoms with Crippen LogP contribution >= 0.6 is 0 Å². The van der Waals surface area contributed by atoms with Crippen molar-refractivity contribution < 1.29 is 56.4 Å². The SMILES string of the molecule is CCCN(CCC)CCCC[C@H](NC(=O)[C@@H](NC(=O)CCCC#Cc1cnc(S(C)(=O)=O)nc1)C(C)C)C(=O)NCC(=O)NCOC/C=C/c1c2c(nc3cc4c(cc13)OCO4)-c1cc3c(c(=O)n1C2)COC(=O)[C@]3(O)CC. The van der Waals surface area contributed by atoms with E-state index in [1.807, 2.05) is 12.1 Å². The zero-order valence-corrected chi connectivity index (χ0v) is 45.8. The van der Waals surface area contributed by atoms with Crippen molar-refractivity contribution >= 4 is 56.4 Å². The van der Waals surface area contributed by atoms with Crippen LogP contribution in [0.25, 0.3) is 28.4 Å². The first-order chi connectivity index (χ1) is 37.4. The lowest BCUT2D eigenvalue weighted by atomic mass is 9.86. The molecule has 0 bridgehead atoms. The minimum absolute atomic E-state index is 0.00417. The molecule has 1 aromatic carbocycles. The van der Waals surface area contributed by atoms with Gasteiger partial charge in [0.1, 0.15) is 25.4 Å². The Balaban J connectivity index is 0.943. The Bertz CT molecular complexity index is 3160. The summed E-state index contributed by atoms with van der Waals surface area (Å²) in [5.41, 5.74) is 1.37. The van der Waals surface area contributed by atoms with E-state index >= 15 is 0 Å². The largest absolute Gasteiger partial charge is 0.458 e. The molecule has 3 atom stereocenters. The highest BCUT2D eigenvalue weighted by Gasteiger charge is 2.45. The van der Waals surface area contributed by atoms with Crippen molar-refractivity contribution in [2.24, 2.45) is 5.92 Å². The Morgan fingerprint density at radius 2 is 1.65 bits per heavy atom. The number of aliphatic hydroxyl groups is 1. The molecule has 0 saturated heterocycles. The number of aromatic nitrogens is 4. The van der Waals surface area contributed by atoms with E-state index in [1.54, 1.807) is 43.5 Å². The number of esters is 1. The van der Waals surface area contributed by atoms with Crippen molar-refractivity contribution in [3.8, 4) is 34.7 Å². The number of carbonyl (C=O) groups excluding carboxylic acids is 5. The van der Waals surface area contributed by atoms with E-state index in [0.29, 0.717) is 70.6 Å². The van der Waals surface area contributed by atoms with Crippen molar-refractivity contribution in [1.29, 1.82) is 0 Å². The quantitative estimate of drug-likeness (QED) is 0.0174. The maximum absolute atomic E-state index is 13.9. The number of benzene rings is 1. The molecule has 7 rings (SSSR count). The molecule has 3 aromatic heterocycles. The van der Waals surface area contributed by atoms with Crippen molar-refractivity contribution in [2.45, 2.75) is 128 Å². The summed E-state index contributed by atoms with van der Waals surface area (Å²) in [7, 11) is -3.54. The first-order valence-corrected chi connectivity index (χ1v) is 28.3. The lowest BCUT2D eigenvalue weighted by Gasteiger charge is -2.31. The summed E-state index contributed by atoms with van der Waals surface area (Å²) >= 11 is 0. The summed E-state index contributed by atoms with van der Waals surface area (Å²) in [6, 6.07) is 3.27. The Morgan fingerprint density at radius 3 is 2.35 bits per heavy atom. The fraction of sp³-hybridized carbons (Fsp3) is 0.509. The third-order valence-corrected chi connectivity index (χ3v) is 14.5. The molecule has 22 nitrogen and oxygen atoms in total. The molecular formula is C55H69N9O13S. The smallest absolute Gasteiger partial charge is 0.343 e. The van der Waals surface area contributed by atoms with Crippen molar-refractivity contribution in [1.82, 2.24) is 45.7 Å². The topological polar surface area (TPSA) is 289 Å². The number of carbonyl (C=O) groups is 5. The number of hydrogen-bond acceptors (Lipinski definition) is 17. The van der Waals surface area contributed by atoms with Crippen molar-refractivity contribution in [3.05, 3.63) is 74.8 Å². The van der Waals surface area contributed by atoms with E-state index in [2.05, 4.69) is 61.8 Å². The zero-order valence-electron chi connectivity index (χ0n) is 45.0. The number of unbranched alkanes of at least 4 members (excludes halogenated alkanes) is 2. The second kappa shape index (κ2) is 26.4. The monoisotopic (exact) mass is 1100 g/mol. The highest BCUT2D eigenvalue weighted by atomic mass is 32.2. The molecule has 0 radical (unpaired) electrons. The number of amides is 4. The van der Waals surface area contributed by atoms with Gasteiger partial charge in [-0.1, -0.05) is 58.6 Å². The van der Waals surface area contributed by atoms with Crippen LogP contribution in [0.3, 0.4) is 0 Å². The molecule has 0 saturated carbocycles. The van der Waals surface area contributed by atoms with Crippen LogP contribution in [-0.2, 0) is 62.0 Å². The van der Waals surface area contributed by atoms with Crippen LogP contribution in [0.2, 0.25) is 0 Å². The maximum Gasteiger partial charge on any atom is 0.343 e. The van der Waals surface area contributed by atoms with Gasteiger partial charge in [0.15, 0.2) is 17.1 Å². The summed E-state index contributed by atoms with van der Waals surface area (Å²) in [5.74, 6) is 3.65. The number of nitrogens with one attached hydrogen (secondary N) is 4. The summed E-state index contributed by atoms with van der Waals surface area (Å²) in [6.07, 6.45) is 11.7. The molecule has 418 valence electrons. The van der Waals surface area contributed by atoms with E-state index in [9.17, 15) is 42.3 Å². The van der Waals surface area contributed by atoms with Gasteiger partial charge in [-0.25, -0.2) is 28.2 Å². The normalized spacial score (nSPS) is 16.0. The fourth-order valence-corrected chi connectivity index (χ4v) is 9.99. The number of ether oxygens (including phenoxy) is 4. The molecule has 6 heterocycles. The molecule has 0 fully saturated rings. The zero-order chi connectivity index (χ0) is 56.1. The van der Waals surface area contributed by atoms with Crippen molar-refractivity contribution in [3.63, 3.8) is 0 Å². The molecule has 0 spiro atoms. The van der Waals surface area contributed by atoms with E-state index in [-0.39, 0.29) is 74.2 Å². The molecule has 0 aliphatic carbocycles. The highest BCUT2D eigenvalue weighted by molar-refractivity contribution is 7.90. The Labute approximate surface area is 453 Å². The minimum atomic E-state index is -3.54. The first kappa shape index (κ1) is 58.4. The summed E-state index contributed by atoms with van der Waals surface area (Å²) in [4.78, 5) is 95.3. The van der Waals surface area contributed by atoms with Crippen LogP contribution in [0.15, 0.2) is 46.6 Å². The molecule has 78 heavy (non-hydrogen) atoms. The van der Waals surface area contributed by atoms with E-state index in [4.69, 9.17) is 23.9 Å². The number of nitrogens with zero attached hydrogens (tertiary/aromatic N) is 5. The molecule has 23 heteroatoms. The number of pyridine rings is 2. The Morgan fingerprint density at radius 1 is 0.923 bits per heavy atom. The summed E-state index contributed by atoms with van der Waals surface area (Å²) in [6.45, 7) is 11.6. The second-order valence-electron chi connectivity index (χ2n) is 19.8. The van der Waals surface area contributed by atoms with Crippen LogP contribution in [-0.4, -0.2) is 132 Å².